The number of nitrogen functional groups attached to an aromatic ring is 1. The lowest BCUT2D eigenvalue weighted by Crippen LogP contribution is -2.34. The van der Waals surface area contributed by atoms with Crippen molar-refractivity contribution in [3.63, 3.8) is 0 Å². The lowest BCUT2D eigenvalue weighted by atomic mass is 10.1. The van der Waals surface area contributed by atoms with Gasteiger partial charge in [-0.1, -0.05) is 0 Å². The molecule has 2 aliphatic heterocycles. The SMILES string of the molecule is CO[C@@H](C)c1nn([C@@H]2O[C@H](COS(N)(=O)=O)[C@H]3OC(C)(C)O[C@H]32)c2ncnc(N)c12. The largest absolute Gasteiger partial charge is 0.383 e. The van der Waals surface area contributed by atoms with Crippen LogP contribution < -0.4 is 10.9 Å². The van der Waals surface area contributed by atoms with E-state index in [0.717, 1.165) is 0 Å². The normalized spacial score (nSPS) is 29.4. The molecule has 0 amide bonds. The maximum atomic E-state index is 11.2. The second-order valence-electron chi connectivity index (χ2n) is 7.57. The Balaban J connectivity index is 1.76. The van der Waals surface area contributed by atoms with Gasteiger partial charge in [-0.2, -0.15) is 13.5 Å². The minimum absolute atomic E-state index is 0.248. The van der Waals surface area contributed by atoms with E-state index in [2.05, 4.69) is 15.1 Å². The van der Waals surface area contributed by atoms with Gasteiger partial charge in [-0.15, -0.1) is 0 Å². The van der Waals surface area contributed by atoms with Gasteiger partial charge in [-0.3, -0.25) is 4.18 Å². The summed E-state index contributed by atoms with van der Waals surface area (Å²) < 4.78 is 52.2. The Kier molecular flexibility index (Phi) is 5.21. The number of fused-ring (bicyclic) bond motifs is 2. The third-order valence-corrected chi connectivity index (χ3v) is 5.51. The fraction of sp³-hybridized carbons (Fsp3) is 0.688. The molecule has 0 saturated carbocycles. The Bertz CT molecular complexity index is 1060. The number of nitrogens with two attached hydrogens (primary N) is 2. The average Bonchev–Trinajstić information content (AvgIpc) is 3.28. The molecule has 2 aromatic rings. The maximum absolute atomic E-state index is 11.2. The molecule has 2 saturated heterocycles. The summed E-state index contributed by atoms with van der Waals surface area (Å²) in [6, 6.07) is 0. The van der Waals surface area contributed by atoms with Crippen molar-refractivity contribution in [1.82, 2.24) is 19.7 Å². The minimum Gasteiger partial charge on any atom is -0.383 e. The molecule has 2 aromatic heterocycles. The van der Waals surface area contributed by atoms with Crippen LogP contribution in [0.25, 0.3) is 11.0 Å². The van der Waals surface area contributed by atoms with E-state index in [9.17, 15) is 8.42 Å². The van der Waals surface area contributed by atoms with Gasteiger partial charge in [-0.05, 0) is 20.8 Å². The first-order valence-corrected chi connectivity index (χ1v) is 10.7. The molecule has 0 unspecified atom stereocenters. The third kappa shape index (κ3) is 3.75. The zero-order chi connectivity index (χ0) is 21.8. The van der Waals surface area contributed by atoms with Crippen LogP contribution in [-0.2, 0) is 33.4 Å². The van der Waals surface area contributed by atoms with Gasteiger partial charge in [0.1, 0.15) is 36.2 Å². The van der Waals surface area contributed by atoms with Crippen molar-refractivity contribution < 1.29 is 31.5 Å². The highest BCUT2D eigenvalue weighted by Gasteiger charge is 2.57. The second kappa shape index (κ2) is 7.33. The first-order chi connectivity index (χ1) is 14.0. The first kappa shape index (κ1) is 21.3. The number of anilines is 1. The van der Waals surface area contributed by atoms with Crippen LogP contribution in [0.3, 0.4) is 0 Å². The van der Waals surface area contributed by atoms with Gasteiger partial charge in [0.05, 0.1) is 18.1 Å². The van der Waals surface area contributed by atoms with Gasteiger partial charge in [-0.25, -0.2) is 19.8 Å². The van der Waals surface area contributed by atoms with Crippen molar-refractivity contribution in [1.29, 1.82) is 0 Å². The van der Waals surface area contributed by atoms with E-state index in [1.165, 1.54) is 11.0 Å². The van der Waals surface area contributed by atoms with Crippen LogP contribution in [0.1, 0.15) is 38.8 Å². The molecule has 5 atom stereocenters. The minimum atomic E-state index is -4.15. The van der Waals surface area contributed by atoms with Crippen LogP contribution in [0.5, 0.6) is 0 Å². The molecule has 0 spiro atoms. The maximum Gasteiger partial charge on any atom is 0.333 e. The molecule has 0 aromatic carbocycles. The zero-order valence-electron chi connectivity index (χ0n) is 16.9. The van der Waals surface area contributed by atoms with Crippen molar-refractivity contribution >= 4 is 27.2 Å². The van der Waals surface area contributed by atoms with Gasteiger partial charge in [0.2, 0.25) is 0 Å². The van der Waals surface area contributed by atoms with Crippen LogP contribution in [0.4, 0.5) is 5.82 Å². The van der Waals surface area contributed by atoms with E-state index in [1.807, 2.05) is 6.92 Å². The Morgan fingerprint density at radius 3 is 2.67 bits per heavy atom. The molecule has 13 nitrogen and oxygen atoms in total. The van der Waals surface area contributed by atoms with E-state index in [0.29, 0.717) is 16.7 Å². The summed E-state index contributed by atoms with van der Waals surface area (Å²) in [5, 5.41) is 10.1. The quantitative estimate of drug-likeness (QED) is 0.601. The Morgan fingerprint density at radius 2 is 2.00 bits per heavy atom. The fourth-order valence-corrected chi connectivity index (χ4v) is 4.07. The Morgan fingerprint density at radius 1 is 1.30 bits per heavy atom. The number of ether oxygens (including phenoxy) is 4. The molecular weight excluding hydrogens is 420 g/mol. The predicted octanol–water partition coefficient (Wildman–Crippen LogP) is -0.246. The molecule has 0 bridgehead atoms. The van der Waals surface area contributed by atoms with Crippen LogP contribution in [0.2, 0.25) is 0 Å². The Labute approximate surface area is 172 Å². The highest BCUT2D eigenvalue weighted by molar-refractivity contribution is 7.84. The predicted molar refractivity (Wildman–Crippen MR) is 102 cm³/mol. The lowest BCUT2D eigenvalue weighted by molar-refractivity contribution is -0.200. The zero-order valence-corrected chi connectivity index (χ0v) is 17.7. The molecule has 30 heavy (non-hydrogen) atoms. The van der Waals surface area contributed by atoms with Crippen molar-refractivity contribution in [3.05, 3.63) is 12.0 Å². The first-order valence-electron chi connectivity index (χ1n) is 9.20. The smallest absolute Gasteiger partial charge is 0.333 e. The number of hydrogen-bond donors (Lipinski definition) is 2. The van der Waals surface area contributed by atoms with Crippen LogP contribution in [-0.4, -0.2) is 66.0 Å². The summed E-state index contributed by atoms with van der Waals surface area (Å²) in [4.78, 5) is 8.36. The van der Waals surface area contributed by atoms with Crippen LogP contribution in [0, 0.1) is 0 Å². The summed E-state index contributed by atoms with van der Waals surface area (Å²) >= 11 is 0. The van der Waals surface area contributed by atoms with E-state index in [1.54, 1.807) is 21.0 Å². The van der Waals surface area contributed by atoms with Crippen molar-refractivity contribution in [2.75, 3.05) is 19.5 Å². The average molecular weight is 444 g/mol. The topological polar surface area (TPSA) is 176 Å². The summed E-state index contributed by atoms with van der Waals surface area (Å²) in [5.41, 5.74) is 7.03. The molecule has 2 fully saturated rings. The molecule has 4 rings (SSSR count). The second-order valence-corrected chi connectivity index (χ2v) is 8.79. The number of aromatic nitrogens is 4. The van der Waals surface area contributed by atoms with Crippen LogP contribution in [0.15, 0.2) is 6.33 Å². The summed E-state index contributed by atoms with van der Waals surface area (Å²) in [5.74, 6) is -0.672. The van der Waals surface area contributed by atoms with E-state index in [4.69, 9.17) is 34.0 Å². The molecule has 4 heterocycles. The van der Waals surface area contributed by atoms with Gasteiger partial charge >= 0.3 is 10.3 Å². The summed E-state index contributed by atoms with van der Waals surface area (Å²) in [7, 11) is -2.60. The lowest BCUT2D eigenvalue weighted by Gasteiger charge is -2.24. The number of hydrogen-bond acceptors (Lipinski definition) is 11. The van der Waals surface area contributed by atoms with E-state index in [-0.39, 0.29) is 12.4 Å². The van der Waals surface area contributed by atoms with Crippen molar-refractivity contribution in [2.24, 2.45) is 5.14 Å². The highest BCUT2D eigenvalue weighted by Crippen LogP contribution is 2.44. The monoisotopic (exact) mass is 444 g/mol. The number of rotatable bonds is 6. The molecule has 0 radical (unpaired) electrons. The molecular formula is C16H24N6O7S. The van der Waals surface area contributed by atoms with Gasteiger partial charge < -0.3 is 24.7 Å². The van der Waals surface area contributed by atoms with E-state index < -0.39 is 46.7 Å². The molecule has 2 aliphatic rings. The van der Waals surface area contributed by atoms with Crippen molar-refractivity contribution in [3.8, 4) is 0 Å². The molecule has 166 valence electrons. The molecule has 14 heteroatoms. The van der Waals surface area contributed by atoms with Crippen LogP contribution >= 0.6 is 0 Å². The summed E-state index contributed by atoms with van der Waals surface area (Å²) in [6.07, 6.45) is -1.87. The fourth-order valence-electron chi connectivity index (χ4n) is 3.75. The summed E-state index contributed by atoms with van der Waals surface area (Å²) in [6.45, 7) is 4.98. The standard InChI is InChI=1S/C16H24N6O7S/c1-7(25-4)10-9-13(17)19-6-20-14(9)22(21-10)15-12-11(28-16(2,3)29-12)8(27-15)5-26-30(18,23)24/h6-8,11-12,15H,5H2,1-4H3,(H2,17,19,20)(H2,18,23,24)/t7-,8+,11+,12+,15+/m0/s1. The highest BCUT2D eigenvalue weighted by atomic mass is 32.2. The van der Waals surface area contributed by atoms with Gasteiger partial charge in [0, 0.05) is 7.11 Å². The van der Waals surface area contributed by atoms with Gasteiger partial charge in [0.25, 0.3) is 0 Å². The number of methoxy groups -OCH3 is 1. The molecule has 4 N–H and O–H groups in total. The molecule has 0 aliphatic carbocycles. The third-order valence-electron chi connectivity index (χ3n) is 5.05. The number of nitrogens with zero attached hydrogens (tertiary/aromatic N) is 4. The Hall–Kier alpha value is -1.94. The van der Waals surface area contributed by atoms with Crippen molar-refractivity contribution in [2.45, 2.75) is 57.2 Å². The van der Waals surface area contributed by atoms with E-state index >= 15 is 0 Å². The van der Waals surface area contributed by atoms with Gasteiger partial charge in [0.15, 0.2) is 17.7 Å².